The Morgan fingerprint density at radius 2 is 1.76 bits per heavy atom. The lowest BCUT2D eigenvalue weighted by Crippen LogP contribution is -2.14. The predicted molar refractivity (Wildman–Crippen MR) is 96.1 cm³/mol. The summed E-state index contributed by atoms with van der Waals surface area (Å²) in [5, 5.41) is 15.2. The Kier molecular flexibility index (Phi) is 4.66. The molecule has 0 amide bonds. The number of tetrazole rings is 1. The molecule has 8 nitrogen and oxygen atoms in total. The fourth-order valence-corrected chi connectivity index (χ4v) is 2.97. The first-order valence-electron chi connectivity index (χ1n) is 7.60. The lowest BCUT2D eigenvalue weighted by Gasteiger charge is -2.15. The maximum absolute atomic E-state index is 11.4. The average molecular weight is 358 g/mol. The highest BCUT2D eigenvalue weighted by Crippen LogP contribution is 2.22. The van der Waals surface area contributed by atoms with E-state index in [2.05, 4.69) is 25.6 Å². The minimum Gasteiger partial charge on any atom is -0.375 e. The smallest absolute Gasteiger partial charge is 0.229 e. The molecule has 3 rings (SSSR count). The van der Waals surface area contributed by atoms with Crippen LogP contribution in [0.25, 0.3) is 5.69 Å². The molecule has 0 bridgehead atoms. The zero-order chi connectivity index (χ0) is 17.9. The van der Waals surface area contributed by atoms with Crippen LogP contribution in [0.1, 0.15) is 18.8 Å². The van der Waals surface area contributed by atoms with E-state index in [1.165, 1.54) is 0 Å². The van der Waals surface area contributed by atoms with E-state index in [1.54, 1.807) is 22.9 Å². The van der Waals surface area contributed by atoms with Gasteiger partial charge in [-0.1, -0.05) is 24.3 Å². The molecule has 1 unspecified atom stereocenters. The van der Waals surface area contributed by atoms with Gasteiger partial charge in [0.15, 0.2) is 5.82 Å². The van der Waals surface area contributed by atoms with Crippen LogP contribution in [-0.2, 0) is 10.0 Å². The van der Waals surface area contributed by atoms with Crippen molar-refractivity contribution in [2.45, 2.75) is 13.0 Å². The second-order valence-corrected chi connectivity index (χ2v) is 7.35. The standard InChI is InChI=1S/C16H18N6O2S/c1-12(16-18-20-21-22(16)15-9-4-3-5-10-15)17-13-7-6-8-14(11-13)19-25(2,23)24/h3-12,17,19H,1-2H3. The molecule has 1 aromatic heterocycles. The number of aromatic nitrogens is 4. The Labute approximate surface area is 145 Å². The topological polar surface area (TPSA) is 102 Å². The van der Waals surface area contributed by atoms with Crippen LogP contribution in [0.3, 0.4) is 0 Å². The molecule has 0 aliphatic carbocycles. The van der Waals surface area contributed by atoms with Gasteiger partial charge in [0.05, 0.1) is 23.7 Å². The van der Waals surface area contributed by atoms with Crippen molar-refractivity contribution in [1.82, 2.24) is 20.2 Å². The van der Waals surface area contributed by atoms with Crippen LogP contribution in [0.2, 0.25) is 0 Å². The molecular formula is C16H18N6O2S. The van der Waals surface area contributed by atoms with Gasteiger partial charge in [-0.05, 0) is 47.7 Å². The summed E-state index contributed by atoms with van der Waals surface area (Å²) in [5.41, 5.74) is 2.11. The molecule has 0 fully saturated rings. The minimum atomic E-state index is -3.32. The molecule has 2 N–H and O–H groups in total. The molecule has 0 saturated heterocycles. The predicted octanol–water partition coefficient (Wildman–Crippen LogP) is 2.21. The molecule has 1 atom stereocenters. The largest absolute Gasteiger partial charge is 0.375 e. The summed E-state index contributed by atoms with van der Waals surface area (Å²) in [4.78, 5) is 0. The molecule has 0 spiro atoms. The third-order valence-corrected chi connectivity index (χ3v) is 4.04. The fraction of sp³-hybridized carbons (Fsp3) is 0.188. The highest BCUT2D eigenvalue weighted by molar-refractivity contribution is 7.92. The van der Waals surface area contributed by atoms with Gasteiger partial charge in [0.2, 0.25) is 10.0 Å². The highest BCUT2D eigenvalue weighted by Gasteiger charge is 2.16. The Balaban J connectivity index is 1.81. The first-order valence-corrected chi connectivity index (χ1v) is 9.49. The normalized spacial score (nSPS) is 12.6. The van der Waals surface area contributed by atoms with E-state index in [1.807, 2.05) is 43.3 Å². The molecule has 2 aromatic carbocycles. The van der Waals surface area contributed by atoms with E-state index in [4.69, 9.17) is 0 Å². The van der Waals surface area contributed by atoms with Crippen molar-refractivity contribution in [1.29, 1.82) is 0 Å². The average Bonchev–Trinajstić information content (AvgIpc) is 3.04. The fourth-order valence-electron chi connectivity index (χ4n) is 2.42. The van der Waals surface area contributed by atoms with Crippen molar-refractivity contribution in [3.63, 3.8) is 0 Å². The van der Waals surface area contributed by atoms with Crippen LogP contribution in [0.5, 0.6) is 0 Å². The van der Waals surface area contributed by atoms with Gasteiger partial charge in [0.25, 0.3) is 0 Å². The second-order valence-electron chi connectivity index (χ2n) is 5.61. The summed E-state index contributed by atoms with van der Waals surface area (Å²) in [6.45, 7) is 1.93. The van der Waals surface area contributed by atoms with E-state index in [0.717, 1.165) is 17.6 Å². The van der Waals surface area contributed by atoms with Gasteiger partial charge in [0, 0.05) is 5.69 Å². The molecule has 1 heterocycles. The Bertz CT molecular complexity index is 956. The van der Waals surface area contributed by atoms with Crippen molar-refractivity contribution in [2.24, 2.45) is 0 Å². The second kappa shape index (κ2) is 6.89. The van der Waals surface area contributed by atoms with E-state index in [-0.39, 0.29) is 6.04 Å². The Hall–Kier alpha value is -2.94. The van der Waals surface area contributed by atoms with Crippen LogP contribution >= 0.6 is 0 Å². The molecule has 0 saturated carbocycles. The zero-order valence-corrected chi connectivity index (χ0v) is 14.6. The third-order valence-electron chi connectivity index (χ3n) is 3.43. The summed E-state index contributed by atoms with van der Waals surface area (Å²) in [6.07, 6.45) is 1.11. The molecule has 0 aliphatic heterocycles. The molecule has 3 aromatic rings. The number of hydrogen-bond acceptors (Lipinski definition) is 6. The van der Waals surface area contributed by atoms with E-state index in [0.29, 0.717) is 11.5 Å². The third kappa shape index (κ3) is 4.32. The van der Waals surface area contributed by atoms with Gasteiger partial charge in [-0.2, -0.15) is 4.68 Å². The number of anilines is 2. The minimum absolute atomic E-state index is 0.191. The molecule has 25 heavy (non-hydrogen) atoms. The Morgan fingerprint density at radius 3 is 2.48 bits per heavy atom. The number of para-hydroxylation sites is 1. The SMILES string of the molecule is CC(Nc1cccc(NS(C)(=O)=O)c1)c1nnnn1-c1ccccc1. The Morgan fingerprint density at radius 1 is 1.04 bits per heavy atom. The van der Waals surface area contributed by atoms with E-state index in [9.17, 15) is 8.42 Å². The molecule has 0 aliphatic rings. The molecular weight excluding hydrogens is 340 g/mol. The zero-order valence-electron chi connectivity index (χ0n) is 13.8. The summed E-state index contributed by atoms with van der Waals surface area (Å²) >= 11 is 0. The number of sulfonamides is 1. The number of hydrogen-bond donors (Lipinski definition) is 2. The molecule has 130 valence electrons. The quantitative estimate of drug-likeness (QED) is 0.700. The summed E-state index contributed by atoms with van der Waals surface area (Å²) in [7, 11) is -3.32. The maximum atomic E-state index is 11.4. The number of nitrogens with one attached hydrogen (secondary N) is 2. The summed E-state index contributed by atoms with van der Waals surface area (Å²) < 4.78 is 26.8. The number of rotatable bonds is 6. The molecule has 0 radical (unpaired) electrons. The summed E-state index contributed by atoms with van der Waals surface area (Å²) in [6, 6.07) is 16.4. The van der Waals surface area contributed by atoms with Crippen molar-refractivity contribution in [3.05, 3.63) is 60.4 Å². The maximum Gasteiger partial charge on any atom is 0.229 e. The van der Waals surface area contributed by atoms with Gasteiger partial charge in [-0.15, -0.1) is 5.10 Å². The van der Waals surface area contributed by atoms with Gasteiger partial charge in [0.1, 0.15) is 0 Å². The number of nitrogens with zero attached hydrogens (tertiary/aromatic N) is 4. The van der Waals surface area contributed by atoms with E-state index >= 15 is 0 Å². The van der Waals surface area contributed by atoms with Crippen molar-refractivity contribution < 1.29 is 8.42 Å². The van der Waals surface area contributed by atoms with Crippen molar-refractivity contribution in [3.8, 4) is 5.69 Å². The van der Waals surface area contributed by atoms with Crippen molar-refractivity contribution in [2.75, 3.05) is 16.3 Å². The summed E-state index contributed by atoms with van der Waals surface area (Å²) in [5.74, 6) is 0.646. The van der Waals surface area contributed by atoms with Gasteiger partial charge >= 0.3 is 0 Å². The van der Waals surface area contributed by atoms with Crippen molar-refractivity contribution >= 4 is 21.4 Å². The van der Waals surface area contributed by atoms with Gasteiger partial charge < -0.3 is 5.32 Å². The van der Waals surface area contributed by atoms with E-state index < -0.39 is 10.0 Å². The van der Waals surface area contributed by atoms with Crippen LogP contribution in [-0.4, -0.2) is 34.9 Å². The van der Waals surface area contributed by atoms with Crippen LogP contribution < -0.4 is 10.0 Å². The van der Waals surface area contributed by atoms with Crippen LogP contribution in [0, 0.1) is 0 Å². The first-order chi connectivity index (χ1) is 11.9. The van der Waals surface area contributed by atoms with Gasteiger partial charge in [-0.25, -0.2) is 8.42 Å². The highest BCUT2D eigenvalue weighted by atomic mass is 32.2. The van der Waals surface area contributed by atoms with Crippen LogP contribution in [0.4, 0.5) is 11.4 Å². The lowest BCUT2D eigenvalue weighted by atomic mass is 10.2. The van der Waals surface area contributed by atoms with Gasteiger partial charge in [-0.3, -0.25) is 4.72 Å². The monoisotopic (exact) mass is 358 g/mol. The molecule has 9 heteroatoms. The number of benzene rings is 2. The lowest BCUT2D eigenvalue weighted by molar-refractivity contribution is 0.607. The van der Waals surface area contributed by atoms with Crippen LogP contribution in [0.15, 0.2) is 54.6 Å². The first kappa shape index (κ1) is 16.9.